The van der Waals surface area contributed by atoms with E-state index in [1.54, 1.807) is 0 Å². The van der Waals surface area contributed by atoms with E-state index in [0.717, 1.165) is 30.0 Å². The number of hydrogen-bond donors (Lipinski definition) is 2. The minimum absolute atomic E-state index is 0.0872. The molecule has 2 aliphatic heterocycles. The average Bonchev–Trinajstić information content (AvgIpc) is 2.74. The Labute approximate surface area is 107 Å². The highest BCUT2D eigenvalue weighted by Crippen LogP contribution is 2.36. The summed E-state index contributed by atoms with van der Waals surface area (Å²) in [5.41, 5.74) is 10.1. The molecule has 1 aromatic rings. The van der Waals surface area contributed by atoms with Crippen LogP contribution in [0.4, 0.5) is 17.1 Å². The van der Waals surface area contributed by atoms with Crippen LogP contribution in [0, 0.1) is 0 Å². The minimum atomic E-state index is 0.0872. The Balaban J connectivity index is 1.99. The van der Waals surface area contributed by atoms with Gasteiger partial charge in [0, 0.05) is 24.7 Å². The lowest BCUT2D eigenvalue weighted by Gasteiger charge is -2.28. The van der Waals surface area contributed by atoms with Gasteiger partial charge in [0.2, 0.25) is 5.91 Å². The first-order valence-electron chi connectivity index (χ1n) is 6.64. The molecule has 1 saturated heterocycles. The summed E-state index contributed by atoms with van der Waals surface area (Å²) in [5.74, 6) is 0.0872. The van der Waals surface area contributed by atoms with Crippen molar-refractivity contribution in [3.8, 4) is 0 Å². The normalized spacial score (nSPS) is 22.8. The molecular weight excluding hydrogens is 226 g/mol. The summed E-state index contributed by atoms with van der Waals surface area (Å²) in [6, 6.07) is 4.63. The second-order valence-electron chi connectivity index (χ2n) is 5.30. The van der Waals surface area contributed by atoms with Crippen LogP contribution in [-0.2, 0) is 11.2 Å². The maximum absolute atomic E-state index is 11.4. The number of carbonyl (C=O) groups excluding carboxylic acids is 1. The summed E-state index contributed by atoms with van der Waals surface area (Å²) in [7, 11) is 0. The summed E-state index contributed by atoms with van der Waals surface area (Å²) in [6.07, 6.45) is 3.85. The fourth-order valence-electron chi connectivity index (χ4n) is 2.97. The van der Waals surface area contributed by atoms with Gasteiger partial charge in [-0.1, -0.05) is 0 Å². The van der Waals surface area contributed by atoms with Crippen molar-refractivity contribution < 1.29 is 4.79 Å². The zero-order chi connectivity index (χ0) is 12.7. The van der Waals surface area contributed by atoms with Crippen molar-refractivity contribution in [2.45, 2.75) is 38.6 Å². The molecule has 1 unspecified atom stereocenters. The van der Waals surface area contributed by atoms with Crippen molar-refractivity contribution in [3.05, 3.63) is 17.7 Å². The van der Waals surface area contributed by atoms with Gasteiger partial charge < -0.3 is 16.0 Å². The number of anilines is 3. The van der Waals surface area contributed by atoms with Crippen LogP contribution < -0.4 is 16.0 Å². The second kappa shape index (κ2) is 4.19. The van der Waals surface area contributed by atoms with Crippen molar-refractivity contribution in [1.82, 2.24) is 0 Å². The Hall–Kier alpha value is -1.71. The van der Waals surface area contributed by atoms with Gasteiger partial charge in [0.05, 0.1) is 11.4 Å². The molecule has 2 aliphatic rings. The molecule has 0 aliphatic carbocycles. The van der Waals surface area contributed by atoms with Gasteiger partial charge in [-0.2, -0.15) is 0 Å². The van der Waals surface area contributed by atoms with Gasteiger partial charge in [-0.15, -0.1) is 0 Å². The fourth-order valence-corrected chi connectivity index (χ4v) is 2.97. The molecule has 1 fully saturated rings. The Morgan fingerprint density at radius 3 is 2.94 bits per heavy atom. The number of nitrogens with zero attached hydrogens (tertiary/aromatic N) is 1. The minimum Gasteiger partial charge on any atom is -0.397 e. The smallest absolute Gasteiger partial charge is 0.224 e. The lowest BCUT2D eigenvalue weighted by atomic mass is 10.0. The van der Waals surface area contributed by atoms with E-state index in [2.05, 4.69) is 23.2 Å². The van der Waals surface area contributed by atoms with Crippen molar-refractivity contribution in [2.24, 2.45) is 0 Å². The molecule has 4 heteroatoms. The number of nitrogens with two attached hydrogens (primary N) is 1. The zero-order valence-corrected chi connectivity index (χ0v) is 10.7. The van der Waals surface area contributed by atoms with E-state index >= 15 is 0 Å². The van der Waals surface area contributed by atoms with Crippen LogP contribution >= 0.6 is 0 Å². The molecule has 1 amide bonds. The number of rotatable bonds is 1. The quantitative estimate of drug-likeness (QED) is 0.745. The van der Waals surface area contributed by atoms with Gasteiger partial charge >= 0.3 is 0 Å². The standard InChI is InChI=1S/C14H19N3O/c1-9-3-2-6-17(9)13-7-10-4-5-14(18)16-12(10)8-11(13)15/h7-9H,2-6,15H2,1H3,(H,16,18). The van der Waals surface area contributed by atoms with E-state index in [4.69, 9.17) is 5.73 Å². The average molecular weight is 245 g/mol. The van der Waals surface area contributed by atoms with Gasteiger partial charge in [0.1, 0.15) is 0 Å². The predicted octanol–water partition coefficient (Wildman–Crippen LogP) is 2.14. The highest BCUT2D eigenvalue weighted by atomic mass is 16.1. The summed E-state index contributed by atoms with van der Waals surface area (Å²) in [6.45, 7) is 3.32. The molecule has 0 radical (unpaired) electrons. The van der Waals surface area contributed by atoms with E-state index in [-0.39, 0.29) is 5.91 Å². The largest absolute Gasteiger partial charge is 0.397 e. The van der Waals surface area contributed by atoms with E-state index in [1.807, 2.05) is 6.07 Å². The first-order chi connectivity index (χ1) is 8.65. The summed E-state index contributed by atoms with van der Waals surface area (Å²) >= 11 is 0. The lowest BCUT2D eigenvalue weighted by Crippen LogP contribution is -2.28. The topological polar surface area (TPSA) is 58.4 Å². The molecule has 3 rings (SSSR count). The summed E-state index contributed by atoms with van der Waals surface area (Å²) in [4.78, 5) is 13.7. The number of nitrogens with one attached hydrogen (secondary N) is 1. The van der Waals surface area contributed by atoms with Gasteiger partial charge in [0.25, 0.3) is 0 Å². The van der Waals surface area contributed by atoms with Gasteiger partial charge in [-0.05, 0) is 43.9 Å². The van der Waals surface area contributed by atoms with E-state index in [1.165, 1.54) is 18.4 Å². The highest BCUT2D eigenvalue weighted by molar-refractivity contribution is 5.95. The van der Waals surface area contributed by atoms with Gasteiger partial charge in [-0.25, -0.2) is 0 Å². The number of aryl methyl sites for hydroxylation is 1. The third-order valence-electron chi connectivity index (χ3n) is 4.01. The molecule has 3 N–H and O–H groups in total. The van der Waals surface area contributed by atoms with Crippen molar-refractivity contribution >= 4 is 23.0 Å². The Kier molecular flexibility index (Phi) is 2.65. The van der Waals surface area contributed by atoms with Gasteiger partial charge in [-0.3, -0.25) is 4.79 Å². The maximum Gasteiger partial charge on any atom is 0.224 e. The molecular formula is C14H19N3O. The lowest BCUT2D eigenvalue weighted by molar-refractivity contribution is -0.116. The van der Waals surface area contributed by atoms with Gasteiger partial charge in [0.15, 0.2) is 0 Å². The van der Waals surface area contributed by atoms with Crippen molar-refractivity contribution in [2.75, 3.05) is 22.5 Å². The fraction of sp³-hybridized carbons (Fsp3) is 0.500. The Bertz CT molecular complexity index is 498. The third-order valence-corrected chi connectivity index (χ3v) is 4.01. The molecule has 1 aromatic carbocycles. The van der Waals surface area contributed by atoms with Crippen LogP contribution in [0.5, 0.6) is 0 Å². The monoisotopic (exact) mass is 245 g/mol. The molecule has 0 bridgehead atoms. The number of amides is 1. The van der Waals surface area contributed by atoms with Crippen LogP contribution in [0.2, 0.25) is 0 Å². The number of carbonyl (C=O) groups is 1. The van der Waals surface area contributed by atoms with Crippen molar-refractivity contribution in [1.29, 1.82) is 0 Å². The number of benzene rings is 1. The molecule has 4 nitrogen and oxygen atoms in total. The molecule has 0 spiro atoms. The number of nitrogen functional groups attached to an aromatic ring is 1. The Morgan fingerprint density at radius 1 is 1.39 bits per heavy atom. The highest BCUT2D eigenvalue weighted by Gasteiger charge is 2.24. The number of hydrogen-bond acceptors (Lipinski definition) is 3. The third kappa shape index (κ3) is 1.82. The van der Waals surface area contributed by atoms with Crippen LogP contribution in [-0.4, -0.2) is 18.5 Å². The van der Waals surface area contributed by atoms with Crippen LogP contribution in [0.25, 0.3) is 0 Å². The van der Waals surface area contributed by atoms with Crippen LogP contribution in [0.1, 0.15) is 31.7 Å². The SMILES string of the molecule is CC1CCCN1c1cc2c(cc1N)NC(=O)CC2. The second-order valence-corrected chi connectivity index (χ2v) is 5.30. The van der Waals surface area contributed by atoms with E-state index < -0.39 is 0 Å². The molecule has 18 heavy (non-hydrogen) atoms. The van der Waals surface area contributed by atoms with E-state index in [9.17, 15) is 4.79 Å². The van der Waals surface area contributed by atoms with Crippen LogP contribution in [0.15, 0.2) is 12.1 Å². The first-order valence-corrected chi connectivity index (χ1v) is 6.64. The molecule has 96 valence electrons. The molecule has 0 aromatic heterocycles. The van der Waals surface area contributed by atoms with Crippen molar-refractivity contribution in [3.63, 3.8) is 0 Å². The maximum atomic E-state index is 11.4. The predicted molar refractivity (Wildman–Crippen MR) is 73.8 cm³/mol. The summed E-state index contributed by atoms with van der Waals surface area (Å²) in [5, 5.41) is 2.89. The Morgan fingerprint density at radius 2 is 2.22 bits per heavy atom. The number of fused-ring (bicyclic) bond motifs is 1. The molecule has 1 atom stereocenters. The van der Waals surface area contributed by atoms with E-state index in [0.29, 0.717) is 12.5 Å². The summed E-state index contributed by atoms with van der Waals surface area (Å²) < 4.78 is 0. The molecule has 2 heterocycles. The van der Waals surface area contributed by atoms with Crippen LogP contribution in [0.3, 0.4) is 0 Å². The zero-order valence-electron chi connectivity index (χ0n) is 10.7. The molecule has 0 saturated carbocycles. The first kappa shape index (κ1) is 11.4.